The predicted octanol–water partition coefficient (Wildman–Crippen LogP) is 1.77. The van der Waals surface area contributed by atoms with Crippen molar-refractivity contribution in [2.75, 3.05) is 0 Å². The van der Waals surface area contributed by atoms with Crippen molar-refractivity contribution in [3.05, 3.63) is 42.1 Å². The van der Waals surface area contributed by atoms with Gasteiger partial charge in [-0.3, -0.25) is 4.98 Å². The molecule has 2 nitrogen and oxygen atoms in total. The summed E-state index contributed by atoms with van der Waals surface area (Å²) < 4.78 is 0. The highest BCUT2D eigenvalue weighted by Gasteiger charge is 1.78. The van der Waals surface area contributed by atoms with Crippen molar-refractivity contribution in [1.82, 2.24) is 4.98 Å². The second-order valence-corrected chi connectivity index (χ2v) is 1.72. The van der Waals surface area contributed by atoms with Gasteiger partial charge in [-0.1, -0.05) is 5.73 Å². The summed E-state index contributed by atoms with van der Waals surface area (Å²) in [6.07, 6.45) is 5.91. The first-order valence-corrected chi connectivity index (χ1v) is 2.88. The zero-order valence-corrected chi connectivity index (χ0v) is 5.36. The van der Waals surface area contributed by atoms with E-state index in [4.69, 9.17) is 5.11 Å². The van der Waals surface area contributed by atoms with Crippen molar-refractivity contribution >= 4 is 6.08 Å². The molecule has 1 heterocycles. The molecule has 0 aliphatic heterocycles. The lowest BCUT2D eigenvalue weighted by Gasteiger charge is -1.84. The normalized spacial score (nSPS) is 8.00. The van der Waals surface area contributed by atoms with E-state index in [-0.39, 0.29) is 0 Å². The van der Waals surface area contributed by atoms with Gasteiger partial charge in [0.15, 0.2) is 0 Å². The van der Waals surface area contributed by atoms with Crippen LogP contribution in [-0.4, -0.2) is 10.1 Å². The molecular formula is C8H7NO. The van der Waals surface area contributed by atoms with E-state index in [1.54, 1.807) is 18.5 Å². The third-order valence-electron chi connectivity index (χ3n) is 1.03. The quantitative estimate of drug-likeness (QED) is 0.467. The summed E-state index contributed by atoms with van der Waals surface area (Å²) in [6.45, 7) is 0. The number of hydrogen-bond donors (Lipinski definition) is 1. The number of aromatic nitrogens is 1. The smallest absolute Gasteiger partial charge is 0.121 e. The summed E-state index contributed by atoms with van der Waals surface area (Å²) in [4.78, 5) is 3.83. The van der Waals surface area contributed by atoms with E-state index in [2.05, 4.69) is 10.7 Å². The molecular weight excluding hydrogens is 126 g/mol. The largest absolute Gasteiger partial charge is 0.507 e. The SMILES string of the molecule is OC=C=Cc1ccncc1. The fourth-order valence-electron chi connectivity index (χ4n) is 0.593. The molecule has 1 aromatic rings. The van der Waals surface area contributed by atoms with Crippen LogP contribution in [0.2, 0.25) is 0 Å². The zero-order chi connectivity index (χ0) is 7.23. The Morgan fingerprint density at radius 2 is 2.10 bits per heavy atom. The van der Waals surface area contributed by atoms with Crippen LogP contribution >= 0.6 is 0 Å². The lowest BCUT2D eigenvalue weighted by Crippen LogP contribution is -1.70. The molecule has 0 saturated heterocycles. The van der Waals surface area contributed by atoms with E-state index in [9.17, 15) is 0 Å². The molecule has 0 unspecified atom stereocenters. The maximum absolute atomic E-state index is 8.24. The molecule has 10 heavy (non-hydrogen) atoms. The molecule has 0 fully saturated rings. The third-order valence-corrected chi connectivity index (χ3v) is 1.03. The molecule has 1 rings (SSSR count). The van der Waals surface area contributed by atoms with Crippen LogP contribution in [0.5, 0.6) is 0 Å². The second-order valence-electron chi connectivity index (χ2n) is 1.72. The Morgan fingerprint density at radius 3 is 2.70 bits per heavy atom. The van der Waals surface area contributed by atoms with E-state index in [0.29, 0.717) is 0 Å². The van der Waals surface area contributed by atoms with E-state index < -0.39 is 0 Å². The first kappa shape index (κ1) is 6.59. The maximum atomic E-state index is 8.24. The number of nitrogens with zero attached hydrogens (tertiary/aromatic N) is 1. The third kappa shape index (κ3) is 1.77. The Balaban J connectivity index is 2.87. The minimum Gasteiger partial charge on any atom is -0.507 e. The van der Waals surface area contributed by atoms with Gasteiger partial charge < -0.3 is 5.11 Å². The van der Waals surface area contributed by atoms with Gasteiger partial charge in [0.25, 0.3) is 0 Å². The molecule has 0 aliphatic carbocycles. The maximum Gasteiger partial charge on any atom is 0.121 e. The van der Waals surface area contributed by atoms with Crippen LogP contribution in [0.1, 0.15) is 5.56 Å². The lowest BCUT2D eigenvalue weighted by molar-refractivity contribution is 0.475. The van der Waals surface area contributed by atoms with Crippen molar-refractivity contribution in [3.63, 3.8) is 0 Å². The Morgan fingerprint density at radius 1 is 1.40 bits per heavy atom. The van der Waals surface area contributed by atoms with Crippen molar-refractivity contribution in [2.24, 2.45) is 0 Å². The standard InChI is InChI=1S/C8H7NO/c10-7-1-2-8-3-5-9-6-4-8/h2-7,10H. The number of aliphatic hydroxyl groups excluding tert-OH is 1. The minimum atomic E-state index is 0.875. The van der Waals surface area contributed by atoms with Crippen molar-refractivity contribution in [1.29, 1.82) is 0 Å². The highest BCUT2D eigenvalue weighted by Crippen LogP contribution is 1.96. The van der Waals surface area contributed by atoms with Crippen molar-refractivity contribution in [3.8, 4) is 0 Å². The molecule has 2 heteroatoms. The van der Waals surface area contributed by atoms with Gasteiger partial charge in [-0.05, 0) is 23.8 Å². The minimum absolute atomic E-state index is 0.875. The van der Waals surface area contributed by atoms with Gasteiger partial charge >= 0.3 is 0 Å². The Labute approximate surface area is 59.2 Å². The van der Waals surface area contributed by atoms with Gasteiger partial charge in [-0.2, -0.15) is 0 Å². The Hall–Kier alpha value is -1.53. The summed E-state index contributed by atoms with van der Waals surface area (Å²) in [5.41, 5.74) is 3.51. The molecule has 0 radical (unpaired) electrons. The average molecular weight is 133 g/mol. The Kier molecular flexibility index (Phi) is 2.30. The zero-order valence-electron chi connectivity index (χ0n) is 5.36. The van der Waals surface area contributed by atoms with E-state index in [0.717, 1.165) is 11.8 Å². The average Bonchev–Trinajstić information content (AvgIpc) is 2.03. The molecule has 0 spiro atoms. The van der Waals surface area contributed by atoms with Gasteiger partial charge in [-0.15, -0.1) is 0 Å². The van der Waals surface area contributed by atoms with Crippen LogP contribution in [0.25, 0.3) is 6.08 Å². The van der Waals surface area contributed by atoms with E-state index >= 15 is 0 Å². The first-order chi connectivity index (χ1) is 4.93. The van der Waals surface area contributed by atoms with Crippen LogP contribution in [0.15, 0.2) is 36.5 Å². The summed E-state index contributed by atoms with van der Waals surface area (Å²) in [5, 5.41) is 8.24. The first-order valence-electron chi connectivity index (χ1n) is 2.88. The van der Waals surface area contributed by atoms with Gasteiger partial charge in [0.2, 0.25) is 0 Å². The highest BCUT2D eigenvalue weighted by atomic mass is 16.2. The summed E-state index contributed by atoms with van der Waals surface area (Å²) >= 11 is 0. The lowest BCUT2D eigenvalue weighted by atomic mass is 10.3. The van der Waals surface area contributed by atoms with Gasteiger partial charge in [0, 0.05) is 12.4 Å². The van der Waals surface area contributed by atoms with Crippen LogP contribution in [-0.2, 0) is 0 Å². The summed E-state index contributed by atoms with van der Waals surface area (Å²) in [6, 6.07) is 3.66. The molecule has 1 N–H and O–H groups in total. The van der Waals surface area contributed by atoms with Crippen molar-refractivity contribution in [2.45, 2.75) is 0 Å². The number of rotatable bonds is 1. The fraction of sp³-hybridized carbons (Fsp3) is 0. The monoisotopic (exact) mass is 133 g/mol. The van der Waals surface area contributed by atoms with Crippen LogP contribution in [0.4, 0.5) is 0 Å². The molecule has 0 atom stereocenters. The number of aliphatic hydroxyl groups is 1. The molecule has 0 amide bonds. The van der Waals surface area contributed by atoms with Crippen molar-refractivity contribution < 1.29 is 5.11 Å². The van der Waals surface area contributed by atoms with Crippen LogP contribution in [0.3, 0.4) is 0 Å². The molecule has 0 aliphatic rings. The van der Waals surface area contributed by atoms with E-state index in [1.807, 2.05) is 12.1 Å². The molecule has 0 saturated carbocycles. The Bertz CT molecular complexity index is 247. The molecule has 0 bridgehead atoms. The van der Waals surface area contributed by atoms with E-state index in [1.165, 1.54) is 0 Å². The number of pyridine rings is 1. The van der Waals surface area contributed by atoms with Gasteiger partial charge in [0.05, 0.1) is 0 Å². The second kappa shape index (κ2) is 3.49. The summed E-state index contributed by atoms with van der Waals surface area (Å²) in [5.74, 6) is 0. The fourth-order valence-corrected chi connectivity index (χ4v) is 0.593. The predicted molar refractivity (Wildman–Crippen MR) is 39.4 cm³/mol. The molecule has 50 valence electrons. The van der Waals surface area contributed by atoms with Crippen LogP contribution < -0.4 is 0 Å². The highest BCUT2D eigenvalue weighted by molar-refractivity contribution is 5.46. The summed E-state index contributed by atoms with van der Waals surface area (Å²) in [7, 11) is 0. The number of hydrogen-bond acceptors (Lipinski definition) is 2. The van der Waals surface area contributed by atoms with Gasteiger partial charge in [0.1, 0.15) is 6.26 Å². The van der Waals surface area contributed by atoms with Gasteiger partial charge in [-0.25, -0.2) is 0 Å². The topological polar surface area (TPSA) is 33.1 Å². The molecule has 0 aromatic carbocycles. The van der Waals surface area contributed by atoms with Crippen LogP contribution in [0, 0.1) is 0 Å². The molecule has 1 aromatic heterocycles.